The molecule has 1 amide bonds. The van der Waals surface area contributed by atoms with Crippen molar-refractivity contribution in [3.63, 3.8) is 0 Å². The number of rotatable bonds is 6. The number of hydrogen-bond donors (Lipinski definition) is 1. The summed E-state index contributed by atoms with van der Waals surface area (Å²) < 4.78 is 10.6. The quantitative estimate of drug-likeness (QED) is 0.876. The molecule has 122 valence electrons. The summed E-state index contributed by atoms with van der Waals surface area (Å²) >= 11 is 0. The molecular weight excluding hydrogens is 280 g/mol. The van der Waals surface area contributed by atoms with E-state index in [-0.39, 0.29) is 6.09 Å². The van der Waals surface area contributed by atoms with E-state index in [0.717, 1.165) is 31.9 Å². The minimum absolute atomic E-state index is 0.302. The second-order valence-corrected chi connectivity index (χ2v) is 5.90. The first-order valence-corrected chi connectivity index (χ1v) is 7.93. The highest BCUT2D eigenvalue weighted by molar-refractivity contribution is 5.67. The Balaban J connectivity index is 1.75. The van der Waals surface area contributed by atoms with Gasteiger partial charge in [-0.2, -0.15) is 0 Å². The first-order chi connectivity index (χ1) is 10.7. The summed E-state index contributed by atoms with van der Waals surface area (Å²) in [7, 11) is 0. The molecule has 2 rings (SSSR count). The van der Waals surface area contributed by atoms with E-state index >= 15 is 0 Å². The van der Waals surface area contributed by atoms with Crippen LogP contribution in [0.5, 0.6) is 0 Å². The van der Waals surface area contributed by atoms with Gasteiger partial charge in [-0.05, 0) is 11.5 Å². The van der Waals surface area contributed by atoms with Crippen molar-refractivity contribution < 1.29 is 14.3 Å². The normalized spacial score (nSPS) is 17.2. The van der Waals surface area contributed by atoms with Gasteiger partial charge in [-0.3, -0.25) is 4.90 Å². The smallest absolute Gasteiger partial charge is 0.407 e. The van der Waals surface area contributed by atoms with E-state index in [1.165, 1.54) is 0 Å². The Kier molecular flexibility index (Phi) is 6.68. The Hall–Kier alpha value is -1.59. The molecule has 0 aliphatic carbocycles. The average molecular weight is 306 g/mol. The molecule has 0 radical (unpaired) electrons. The molecule has 1 fully saturated rings. The molecule has 0 aromatic heterocycles. The van der Waals surface area contributed by atoms with E-state index in [2.05, 4.69) is 24.1 Å². The van der Waals surface area contributed by atoms with Gasteiger partial charge in [-0.15, -0.1) is 0 Å². The summed E-state index contributed by atoms with van der Waals surface area (Å²) in [6, 6.07) is 10.0. The number of carbonyl (C=O) groups excluding carboxylic acids is 1. The maximum atomic E-state index is 11.8. The lowest BCUT2D eigenvalue weighted by Gasteiger charge is -2.36. The van der Waals surface area contributed by atoms with Crippen LogP contribution >= 0.6 is 0 Å². The Bertz CT molecular complexity index is 444. The third kappa shape index (κ3) is 5.31. The van der Waals surface area contributed by atoms with Crippen molar-refractivity contribution in [3.8, 4) is 0 Å². The summed E-state index contributed by atoms with van der Waals surface area (Å²) in [6.07, 6.45) is -0.359. The third-order valence-corrected chi connectivity index (χ3v) is 3.95. The summed E-state index contributed by atoms with van der Waals surface area (Å²) in [6.45, 7) is 8.63. The third-order valence-electron chi connectivity index (χ3n) is 3.95. The molecule has 0 spiro atoms. The number of amides is 1. The number of nitrogens with zero attached hydrogens (tertiary/aromatic N) is 1. The molecule has 1 N–H and O–H groups in total. The van der Waals surface area contributed by atoms with Crippen LogP contribution in [0, 0.1) is 5.92 Å². The lowest BCUT2D eigenvalue weighted by atomic mass is 10.0. The number of alkyl carbamates (subject to hydrolysis) is 1. The number of benzene rings is 1. The zero-order valence-electron chi connectivity index (χ0n) is 13.5. The Morgan fingerprint density at radius 1 is 1.27 bits per heavy atom. The van der Waals surface area contributed by atoms with Crippen LogP contribution in [0.25, 0.3) is 0 Å². The van der Waals surface area contributed by atoms with Gasteiger partial charge in [0.1, 0.15) is 6.61 Å². The van der Waals surface area contributed by atoms with E-state index in [1.807, 2.05) is 30.3 Å². The second kappa shape index (κ2) is 8.76. The second-order valence-electron chi connectivity index (χ2n) is 5.90. The highest BCUT2D eigenvalue weighted by Crippen LogP contribution is 2.12. The Morgan fingerprint density at radius 2 is 1.95 bits per heavy atom. The summed E-state index contributed by atoms with van der Waals surface area (Å²) in [4.78, 5) is 14.2. The van der Waals surface area contributed by atoms with E-state index in [1.54, 1.807) is 0 Å². The molecule has 1 aromatic carbocycles. The van der Waals surface area contributed by atoms with Crippen molar-refractivity contribution >= 4 is 6.09 Å². The van der Waals surface area contributed by atoms with Crippen molar-refractivity contribution in [2.75, 3.05) is 32.8 Å². The van der Waals surface area contributed by atoms with Gasteiger partial charge in [-0.1, -0.05) is 44.2 Å². The van der Waals surface area contributed by atoms with Crippen molar-refractivity contribution in [2.45, 2.75) is 26.5 Å². The zero-order chi connectivity index (χ0) is 15.8. The van der Waals surface area contributed by atoms with Crippen molar-refractivity contribution in [3.05, 3.63) is 35.9 Å². The topological polar surface area (TPSA) is 50.8 Å². The highest BCUT2D eigenvalue weighted by Gasteiger charge is 2.24. The van der Waals surface area contributed by atoms with E-state index < -0.39 is 0 Å². The summed E-state index contributed by atoms with van der Waals surface area (Å²) in [5.74, 6) is 0.465. The van der Waals surface area contributed by atoms with Crippen LogP contribution in [0.4, 0.5) is 4.79 Å². The number of ether oxygens (including phenoxy) is 2. The number of morpholine rings is 1. The van der Waals surface area contributed by atoms with Crippen LogP contribution in [0.2, 0.25) is 0 Å². The molecule has 1 aliphatic rings. The molecule has 22 heavy (non-hydrogen) atoms. The van der Waals surface area contributed by atoms with E-state index in [9.17, 15) is 4.79 Å². The Labute approximate surface area is 132 Å². The van der Waals surface area contributed by atoms with Gasteiger partial charge in [0.2, 0.25) is 0 Å². The SMILES string of the molecule is CC(C)C(CNC(=O)OCc1ccccc1)N1CCOCC1. The van der Waals surface area contributed by atoms with Crippen LogP contribution < -0.4 is 5.32 Å². The fourth-order valence-corrected chi connectivity index (χ4v) is 2.66. The monoisotopic (exact) mass is 306 g/mol. The molecule has 1 atom stereocenters. The molecule has 5 nitrogen and oxygen atoms in total. The fraction of sp³-hybridized carbons (Fsp3) is 0.588. The molecule has 0 saturated carbocycles. The number of hydrogen-bond acceptors (Lipinski definition) is 4. The van der Waals surface area contributed by atoms with Crippen LogP contribution in [0.15, 0.2) is 30.3 Å². The number of nitrogens with one attached hydrogen (secondary N) is 1. The van der Waals surface area contributed by atoms with Crippen LogP contribution in [-0.4, -0.2) is 49.9 Å². The summed E-state index contributed by atoms with van der Waals surface area (Å²) in [5, 5.41) is 2.89. The molecule has 1 heterocycles. The minimum atomic E-state index is -0.359. The lowest BCUT2D eigenvalue weighted by Crippen LogP contribution is -2.51. The van der Waals surface area contributed by atoms with E-state index in [0.29, 0.717) is 25.1 Å². The highest BCUT2D eigenvalue weighted by atomic mass is 16.5. The lowest BCUT2D eigenvalue weighted by molar-refractivity contribution is 0.00642. The molecule has 1 saturated heterocycles. The van der Waals surface area contributed by atoms with Gasteiger partial charge in [0.15, 0.2) is 0 Å². The average Bonchev–Trinajstić information content (AvgIpc) is 2.55. The van der Waals surface area contributed by atoms with Gasteiger partial charge in [0.25, 0.3) is 0 Å². The van der Waals surface area contributed by atoms with Crippen molar-refractivity contribution in [1.29, 1.82) is 0 Å². The maximum Gasteiger partial charge on any atom is 0.407 e. The molecule has 1 aliphatic heterocycles. The van der Waals surface area contributed by atoms with Gasteiger partial charge >= 0.3 is 6.09 Å². The molecule has 5 heteroatoms. The van der Waals surface area contributed by atoms with Gasteiger partial charge in [0.05, 0.1) is 13.2 Å². The first-order valence-electron chi connectivity index (χ1n) is 7.93. The maximum absolute atomic E-state index is 11.8. The van der Waals surface area contributed by atoms with Crippen LogP contribution in [0.3, 0.4) is 0 Å². The molecule has 1 aromatic rings. The zero-order valence-corrected chi connectivity index (χ0v) is 13.5. The minimum Gasteiger partial charge on any atom is -0.445 e. The fourth-order valence-electron chi connectivity index (χ4n) is 2.66. The first kappa shape index (κ1) is 16.8. The molecule has 0 bridgehead atoms. The molecule has 1 unspecified atom stereocenters. The van der Waals surface area contributed by atoms with Crippen LogP contribution in [-0.2, 0) is 16.1 Å². The predicted octanol–water partition coefficient (Wildman–Crippen LogP) is 2.27. The van der Waals surface area contributed by atoms with Gasteiger partial charge < -0.3 is 14.8 Å². The Morgan fingerprint density at radius 3 is 2.59 bits per heavy atom. The van der Waals surface area contributed by atoms with Crippen molar-refractivity contribution in [1.82, 2.24) is 10.2 Å². The van der Waals surface area contributed by atoms with E-state index in [4.69, 9.17) is 9.47 Å². The van der Waals surface area contributed by atoms with Gasteiger partial charge in [-0.25, -0.2) is 4.79 Å². The number of carbonyl (C=O) groups is 1. The molecular formula is C17H26N2O3. The van der Waals surface area contributed by atoms with Gasteiger partial charge in [0, 0.05) is 25.7 Å². The summed E-state index contributed by atoms with van der Waals surface area (Å²) in [5.41, 5.74) is 0.992. The standard InChI is InChI=1S/C17H26N2O3/c1-14(2)16(19-8-10-21-11-9-19)12-18-17(20)22-13-15-6-4-3-5-7-15/h3-7,14,16H,8-13H2,1-2H3,(H,18,20). The van der Waals surface area contributed by atoms with Crippen molar-refractivity contribution in [2.24, 2.45) is 5.92 Å². The predicted molar refractivity (Wildman–Crippen MR) is 85.6 cm³/mol. The largest absolute Gasteiger partial charge is 0.445 e. The van der Waals surface area contributed by atoms with Crippen LogP contribution in [0.1, 0.15) is 19.4 Å².